The molecule has 0 bridgehead atoms. The van der Waals surface area contributed by atoms with E-state index in [-0.39, 0.29) is 17.8 Å². The van der Waals surface area contributed by atoms with Gasteiger partial charge in [0.15, 0.2) is 17.4 Å². The molecular weight excluding hydrogens is 530 g/mol. The zero-order chi connectivity index (χ0) is 27.4. The van der Waals surface area contributed by atoms with Crippen molar-refractivity contribution in [1.82, 2.24) is 4.68 Å². The first-order chi connectivity index (χ1) is 19.5. The summed E-state index contributed by atoms with van der Waals surface area (Å²) in [6.07, 6.45) is 3.31. The van der Waals surface area contributed by atoms with Gasteiger partial charge in [0.25, 0.3) is 0 Å². The van der Waals surface area contributed by atoms with Gasteiger partial charge >= 0.3 is 0 Å². The lowest BCUT2D eigenvalue weighted by Gasteiger charge is -2.55. The summed E-state index contributed by atoms with van der Waals surface area (Å²) in [5, 5.41) is 13.9. The minimum Gasteiger partial charge on any atom is -0.483 e. The molecule has 40 heavy (non-hydrogen) atoms. The second-order valence-electron chi connectivity index (χ2n) is 10.9. The monoisotopic (exact) mass is 558 g/mol. The van der Waals surface area contributed by atoms with Crippen LogP contribution in [0.15, 0.2) is 88.7 Å². The Kier molecular flexibility index (Phi) is 6.20. The van der Waals surface area contributed by atoms with Crippen molar-refractivity contribution in [1.29, 1.82) is 0 Å². The van der Waals surface area contributed by atoms with Gasteiger partial charge in [0, 0.05) is 40.4 Å². The van der Waals surface area contributed by atoms with Crippen LogP contribution in [0.4, 0.5) is 8.78 Å². The second kappa shape index (κ2) is 9.78. The average molecular weight is 559 g/mol. The normalized spacial score (nSPS) is 20.6. The number of halogens is 2. The molecule has 0 saturated heterocycles. The Labute approximate surface area is 235 Å². The maximum Gasteiger partial charge on any atom is 0.223 e. The van der Waals surface area contributed by atoms with Gasteiger partial charge in [0.2, 0.25) is 5.43 Å². The molecule has 1 N–H and O–H groups in total. The molecule has 1 saturated carbocycles. The first-order valence-corrected chi connectivity index (χ1v) is 14.5. The van der Waals surface area contributed by atoms with Crippen molar-refractivity contribution in [3.63, 3.8) is 0 Å². The molecule has 7 rings (SSSR count). The van der Waals surface area contributed by atoms with Gasteiger partial charge < -0.3 is 14.9 Å². The predicted molar refractivity (Wildman–Crippen MR) is 150 cm³/mol. The van der Waals surface area contributed by atoms with Crippen molar-refractivity contribution in [3.8, 4) is 5.75 Å². The molecule has 1 spiro atoms. The van der Waals surface area contributed by atoms with E-state index >= 15 is 4.39 Å². The van der Waals surface area contributed by atoms with Gasteiger partial charge in [0.05, 0.1) is 6.04 Å². The van der Waals surface area contributed by atoms with Crippen LogP contribution in [0.1, 0.15) is 59.4 Å². The fourth-order valence-electron chi connectivity index (χ4n) is 6.41. The van der Waals surface area contributed by atoms with Crippen molar-refractivity contribution in [2.24, 2.45) is 5.41 Å². The first kappa shape index (κ1) is 25.4. The van der Waals surface area contributed by atoms with Crippen LogP contribution >= 0.6 is 11.8 Å². The fourth-order valence-corrected chi connectivity index (χ4v) is 7.53. The van der Waals surface area contributed by atoms with Crippen molar-refractivity contribution in [3.05, 3.63) is 129 Å². The molecule has 0 amide bonds. The number of hydrogen-bond donors (Lipinski definition) is 1. The van der Waals surface area contributed by atoms with Gasteiger partial charge in [-0.1, -0.05) is 61.0 Å². The summed E-state index contributed by atoms with van der Waals surface area (Å²) in [5.74, 6) is -1.27. The van der Waals surface area contributed by atoms with E-state index in [1.54, 1.807) is 12.3 Å². The largest absolute Gasteiger partial charge is 0.483 e. The number of hydrogen-bond acceptors (Lipinski definition) is 5. The molecule has 1 aliphatic carbocycles. The average Bonchev–Trinajstić information content (AvgIpc) is 3.12. The van der Waals surface area contributed by atoms with E-state index in [9.17, 15) is 14.3 Å². The molecule has 4 aromatic rings. The highest BCUT2D eigenvalue weighted by molar-refractivity contribution is 7.98. The van der Waals surface area contributed by atoms with Gasteiger partial charge in [-0.15, -0.1) is 11.8 Å². The Hall–Kier alpha value is -3.62. The number of nitrogens with zero attached hydrogens (tertiary/aromatic N) is 2. The van der Waals surface area contributed by atoms with Crippen molar-refractivity contribution >= 4 is 11.8 Å². The summed E-state index contributed by atoms with van der Waals surface area (Å²) in [4.78, 5) is 14.2. The maximum absolute atomic E-state index is 15.3. The van der Waals surface area contributed by atoms with Gasteiger partial charge in [0.1, 0.15) is 18.4 Å². The molecule has 2 unspecified atom stereocenters. The van der Waals surface area contributed by atoms with E-state index in [0.29, 0.717) is 29.1 Å². The zero-order valence-electron chi connectivity index (χ0n) is 21.7. The number of aliphatic hydroxyl groups is 1. The van der Waals surface area contributed by atoms with E-state index in [2.05, 4.69) is 5.01 Å². The quantitative estimate of drug-likeness (QED) is 0.321. The minimum atomic E-state index is -0.906. The van der Waals surface area contributed by atoms with E-state index in [1.807, 2.05) is 59.3 Å². The lowest BCUT2D eigenvalue weighted by molar-refractivity contribution is -0.0559. The van der Waals surface area contributed by atoms with Crippen molar-refractivity contribution < 1.29 is 18.6 Å². The number of ether oxygens (including phenoxy) is 1. The van der Waals surface area contributed by atoms with Crippen molar-refractivity contribution in [2.75, 3.05) is 11.6 Å². The molecule has 0 radical (unpaired) electrons. The third kappa shape index (κ3) is 3.96. The number of aliphatic hydroxyl groups excluding tert-OH is 1. The summed E-state index contributed by atoms with van der Waals surface area (Å²) in [6, 6.07) is 21.4. The number of thioether (sulfide) groups is 1. The highest BCUT2D eigenvalue weighted by atomic mass is 32.2. The minimum absolute atomic E-state index is 0.122. The standard InChI is InChI=1S/C32H28F2N2O3S/c33-24-12-11-21-23(27(24)34)18-40-26-10-5-4-9-22(26)28(21)36-19-32(14-6-15-32)31(38)29-30(25(37)13-16-35(29)36)39-17-20-7-2-1-3-8-20/h1-5,7-13,16,28,31,38H,6,14-15,17-19H2. The highest BCUT2D eigenvalue weighted by Crippen LogP contribution is 2.56. The van der Waals surface area contributed by atoms with Crippen LogP contribution in [0.2, 0.25) is 0 Å². The van der Waals surface area contributed by atoms with Gasteiger partial charge in [-0.2, -0.15) is 0 Å². The second-order valence-corrected chi connectivity index (χ2v) is 11.9. The SMILES string of the molecule is O=c1ccn2c(c1OCc1ccccc1)C(O)C1(CCC1)CN2C1c2ccccc2SCc2c1ccc(F)c2F. The third-order valence-electron chi connectivity index (χ3n) is 8.65. The Morgan fingerprint density at radius 3 is 2.52 bits per heavy atom. The number of pyridine rings is 1. The van der Waals surface area contributed by atoms with Gasteiger partial charge in [-0.05, 0) is 41.7 Å². The molecule has 2 aliphatic heterocycles. The molecule has 2 atom stereocenters. The molecular formula is C32H28F2N2O3S. The number of benzene rings is 3. The topological polar surface area (TPSA) is 54.7 Å². The molecule has 1 aromatic heterocycles. The van der Waals surface area contributed by atoms with Gasteiger partial charge in [-0.25, -0.2) is 8.78 Å². The van der Waals surface area contributed by atoms with Crippen LogP contribution in [0, 0.1) is 17.0 Å². The number of aromatic nitrogens is 1. The summed E-state index contributed by atoms with van der Waals surface area (Å²) in [5.41, 5.74) is 2.52. The molecule has 204 valence electrons. The highest BCUT2D eigenvalue weighted by Gasteiger charge is 2.52. The van der Waals surface area contributed by atoms with Crippen LogP contribution in [0.25, 0.3) is 0 Å². The maximum atomic E-state index is 15.3. The van der Waals surface area contributed by atoms with Crippen LogP contribution < -0.4 is 15.2 Å². The van der Waals surface area contributed by atoms with Crippen LogP contribution in [-0.4, -0.2) is 16.3 Å². The van der Waals surface area contributed by atoms with E-state index in [1.165, 1.54) is 23.9 Å². The summed E-state index contributed by atoms with van der Waals surface area (Å²) in [7, 11) is 0. The molecule has 8 heteroatoms. The van der Waals surface area contributed by atoms with E-state index in [0.717, 1.165) is 35.3 Å². The van der Waals surface area contributed by atoms with Crippen molar-refractivity contribution in [2.45, 2.75) is 48.7 Å². The van der Waals surface area contributed by atoms with Crippen LogP contribution in [-0.2, 0) is 12.4 Å². The molecule has 5 nitrogen and oxygen atoms in total. The Bertz CT molecular complexity index is 1650. The molecule has 3 heterocycles. The zero-order valence-corrected chi connectivity index (χ0v) is 22.5. The lowest BCUT2D eigenvalue weighted by atomic mass is 9.63. The fraction of sp³-hybridized carbons (Fsp3) is 0.281. The predicted octanol–water partition coefficient (Wildman–Crippen LogP) is 6.26. The van der Waals surface area contributed by atoms with E-state index in [4.69, 9.17) is 4.74 Å². The van der Waals surface area contributed by atoms with Crippen LogP contribution in [0.3, 0.4) is 0 Å². The molecule has 3 aliphatic rings. The lowest BCUT2D eigenvalue weighted by Crippen LogP contribution is -2.57. The molecule has 3 aromatic carbocycles. The Balaban J connectivity index is 1.43. The van der Waals surface area contributed by atoms with Crippen LogP contribution in [0.5, 0.6) is 5.75 Å². The number of fused-ring (bicyclic) bond motifs is 3. The summed E-state index contributed by atoms with van der Waals surface area (Å²) >= 11 is 1.49. The Morgan fingerprint density at radius 1 is 0.975 bits per heavy atom. The first-order valence-electron chi connectivity index (χ1n) is 13.5. The Morgan fingerprint density at radius 2 is 1.75 bits per heavy atom. The summed E-state index contributed by atoms with van der Waals surface area (Å²) < 4.78 is 37.7. The summed E-state index contributed by atoms with van der Waals surface area (Å²) in [6.45, 7) is 0.674. The third-order valence-corrected chi connectivity index (χ3v) is 9.76. The molecule has 1 fully saturated rings. The smallest absolute Gasteiger partial charge is 0.223 e. The van der Waals surface area contributed by atoms with Gasteiger partial charge in [-0.3, -0.25) is 9.47 Å². The number of rotatable bonds is 4. The van der Waals surface area contributed by atoms with E-state index < -0.39 is 29.2 Å².